The molecule has 2 aromatic carbocycles. The van der Waals surface area contributed by atoms with Crippen molar-refractivity contribution in [3.05, 3.63) is 66.0 Å². The number of ketones is 1. The summed E-state index contributed by atoms with van der Waals surface area (Å²) in [5.74, 6) is -1.19. The molecule has 122 valence electrons. The summed E-state index contributed by atoms with van der Waals surface area (Å²) in [4.78, 5) is 39.4. The first-order valence-corrected chi connectivity index (χ1v) is 7.47. The lowest BCUT2D eigenvalue weighted by Gasteiger charge is -2.19. The number of anilines is 1. The monoisotopic (exact) mass is 326 g/mol. The van der Waals surface area contributed by atoms with E-state index in [0.29, 0.717) is 11.3 Å². The highest BCUT2D eigenvalue weighted by atomic mass is 19.1. The van der Waals surface area contributed by atoms with E-state index in [1.807, 2.05) is 0 Å². The van der Waals surface area contributed by atoms with Crippen molar-refractivity contribution in [3.8, 4) is 0 Å². The Morgan fingerprint density at radius 1 is 1.04 bits per heavy atom. The van der Waals surface area contributed by atoms with Gasteiger partial charge in [0.25, 0.3) is 5.91 Å². The van der Waals surface area contributed by atoms with E-state index in [1.165, 1.54) is 29.2 Å². The summed E-state index contributed by atoms with van der Waals surface area (Å²) in [6.45, 7) is 1.26. The number of benzene rings is 2. The van der Waals surface area contributed by atoms with Crippen LogP contribution in [0.2, 0.25) is 0 Å². The van der Waals surface area contributed by atoms with E-state index in [0.717, 1.165) is 4.90 Å². The van der Waals surface area contributed by atoms with Crippen LogP contribution in [0.4, 0.5) is 14.9 Å². The summed E-state index contributed by atoms with van der Waals surface area (Å²) in [6.07, 6.45) is 0. The molecule has 0 N–H and O–H groups in total. The summed E-state index contributed by atoms with van der Waals surface area (Å²) in [5, 5.41) is 0. The molecule has 6 heteroatoms. The minimum absolute atomic E-state index is 0.314. The predicted octanol–water partition coefficient (Wildman–Crippen LogP) is 2.87. The van der Waals surface area contributed by atoms with Gasteiger partial charge < -0.3 is 0 Å². The van der Waals surface area contributed by atoms with Gasteiger partial charge in [-0.3, -0.25) is 19.4 Å². The number of carbonyl (C=O) groups is 3. The molecule has 1 saturated heterocycles. The van der Waals surface area contributed by atoms with Crippen LogP contribution in [-0.4, -0.2) is 35.2 Å². The Bertz CT molecular complexity index is 790. The van der Waals surface area contributed by atoms with E-state index in [1.54, 1.807) is 37.3 Å². The number of hydrogen-bond donors (Lipinski definition) is 0. The smallest absolute Gasteiger partial charge is 0.292 e. The molecule has 0 aliphatic carbocycles. The van der Waals surface area contributed by atoms with Crippen molar-refractivity contribution in [2.45, 2.75) is 13.0 Å². The standard InChI is InChI=1S/C18H15FN2O3/c1-12-17(23)20(11-16(22)13-5-3-2-4-6-13)18(24)21(12)15-9-7-14(19)8-10-15/h2-10,12H,11H2,1H3/t12-/m1/s1. The minimum Gasteiger partial charge on any atom is -0.292 e. The molecule has 0 unspecified atom stereocenters. The Labute approximate surface area is 138 Å². The molecular weight excluding hydrogens is 311 g/mol. The Morgan fingerprint density at radius 3 is 2.29 bits per heavy atom. The molecule has 3 amide bonds. The molecule has 24 heavy (non-hydrogen) atoms. The van der Waals surface area contributed by atoms with E-state index >= 15 is 0 Å². The van der Waals surface area contributed by atoms with Crippen LogP contribution in [0.3, 0.4) is 0 Å². The highest BCUT2D eigenvalue weighted by Crippen LogP contribution is 2.26. The Balaban J connectivity index is 1.83. The van der Waals surface area contributed by atoms with Gasteiger partial charge in [0.15, 0.2) is 5.78 Å². The van der Waals surface area contributed by atoms with Crippen LogP contribution in [0, 0.1) is 5.82 Å². The summed E-state index contributed by atoms with van der Waals surface area (Å²) in [5.41, 5.74) is 0.850. The number of halogens is 1. The van der Waals surface area contributed by atoms with Crippen LogP contribution in [-0.2, 0) is 4.79 Å². The van der Waals surface area contributed by atoms with Crippen LogP contribution in [0.25, 0.3) is 0 Å². The first kappa shape index (κ1) is 15.9. The van der Waals surface area contributed by atoms with Gasteiger partial charge in [-0.25, -0.2) is 9.18 Å². The molecule has 1 aliphatic heterocycles. The first-order valence-electron chi connectivity index (χ1n) is 7.47. The summed E-state index contributed by atoms with van der Waals surface area (Å²) >= 11 is 0. The molecular formula is C18H15FN2O3. The van der Waals surface area contributed by atoms with Gasteiger partial charge in [0, 0.05) is 11.3 Å². The molecule has 1 heterocycles. The number of urea groups is 1. The maximum Gasteiger partial charge on any atom is 0.332 e. The van der Waals surface area contributed by atoms with Gasteiger partial charge in [-0.15, -0.1) is 0 Å². The minimum atomic E-state index is -0.744. The van der Waals surface area contributed by atoms with E-state index in [2.05, 4.69) is 0 Å². The van der Waals surface area contributed by atoms with Gasteiger partial charge in [-0.1, -0.05) is 30.3 Å². The molecule has 0 spiro atoms. The van der Waals surface area contributed by atoms with Crippen molar-refractivity contribution in [2.24, 2.45) is 0 Å². The molecule has 0 radical (unpaired) electrons. The highest BCUT2D eigenvalue weighted by molar-refractivity contribution is 6.16. The lowest BCUT2D eigenvalue weighted by molar-refractivity contribution is -0.126. The Morgan fingerprint density at radius 2 is 1.67 bits per heavy atom. The average Bonchev–Trinajstić information content (AvgIpc) is 2.80. The summed E-state index contributed by atoms with van der Waals surface area (Å²) < 4.78 is 13.1. The number of nitrogens with zero attached hydrogens (tertiary/aromatic N) is 2. The molecule has 2 aromatic rings. The van der Waals surface area contributed by atoms with Crippen LogP contribution >= 0.6 is 0 Å². The van der Waals surface area contributed by atoms with Crippen LogP contribution in [0.1, 0.15) is 17.3 Å². The Hall–Kier alpha value is -3.02. The van der Waals surface area contributed by atoms with Crippen molar-refractivity contribution >= 4 is 23.4 Å². The van der Waals surface area contributed by atoms with Crippen LogP contribution in [0.5, 0.6) is 0 Å². The molecule has 1 atom stereocenters. The maximum absolute atomic E-state index is 13.1. The molecule has 3 rings (SSSR count). The lowest BCUT2D eigenvalue weighted by Crippen LogP contribution is -2.37. The molecule has 5 nitrogen and oxygen atoms in total. The van der Waals surface area contributed by atoms with E-state index in [9.17, 15) is 18.8 Å². The molecule has 0 saturated carbocycles. The normalized spacial score (nSPS) is 17.5. The van der Waals surface area contributed by atoms with Crippen LogP contribution in [0.15, 0.2) is 54.6 Å². The van der Waals surface area contributed by atoms with Gasteiger partial charge in [0.05, 0.1) is 6.54 Å². The van der Waals surface area contributed by atoms with Crippen molar-refractivity contribution in [3.63, 3.8) is 0 Å². The van der Waals surface area contributed by atoms with Gasteiger partial charge >= 0.3 is 6.03 Å². The number of amides is 3. The second-order valence-electron chi connectivity index (χ2n) is 5.52. The Kier molecular flexibility index (Phi) is 4.12. The molecule has 0 aromatic heterocycles. The highest BCUT2D eigenvalue weighted by Gasteiger charge is 2.44. The van der Waals surface area contributed by atoms with Gasteiger partial charge in [-0.2, -0.15) is 0 Å². The molecule has 1 fully saturated rings. The van der Waals surface area contributed by atoms with Crippen molar-refractivity contribution in [2.75, 3.05) is 11.4 Å². The third-order valence-corrected chi connectivity index (χ3v) is 3.95. The lowest BCUT2D eigenvalue weighted by atomic mass is 10.1. The van der Waals surface area contributed by atoms with E-state index in [-0.39, 0.29) is 12.3 Å². The van der Waals surface area contributed by atoms with Gasteiger partial charge in [-0.05, 0) is 31.2 Å². The fourth-order valence-electron chi connectivity index (χ4n) is 2.67. The number of carbonyl (C=O) groups excluding carboxylic acids is 3. The second kappa shape index (κ2) is 6.23. The maximum atomic E-state index is 13.1. The molecule has 1 aliphatic rings. The number of imide groups is 1. The predicted molar refractivity (Wildman–Crippen MR) is 86.2 cm³/mol. The van der Waals surface area contributed by atoms with Crippen molar-refractivity contribution < 1.29 is 18.8 Å². The fourth-order valence-corrected chi connectivity index (χ4v) is 2.67. The van der Waals surface area contributed by atoms with Crippen LogP contribution < -0.4 is 4.90 Å². The summed E-state index contributed by atoms with van der Waals surface area (Å²) in [7, 11) is 0. The second-order valence-corrected chi connectivity index (χ2v) is 5.52. The third kappa shape index (κ3) is 2.78. The SMILES string of the molecule is C[C@@H]1C(=O)N(CC(=O)c2ccccc2)C(=O)N1c1ccc(F)cc1. The van der Waals surface area contributed by atoms with E-state index in [4.69, 9.17) is 0 Å². The van der Waals surface area contributed by atoms with E-state index < -0.39 is 23.8 Å². The first-order chi connectivity index (χ1) is 11.5. The van der Waals surface area contributed by atoms with Crippen molar-refractivity contribution in [1.82, 2.24) is 4.90 Å². The summed E-state index contributed by atoms with van der Waals surface area (Å²) in [6, 6.07) is 12.5. The third-order valence-electron chi connectivity index (χ3n) is 3.95. The zero-order valence-corrected chi connectivity index (χ0v) is 13.0. The van der Waals surface area contributed by atoms with Gasteiger partial charge in [0.1, 0.15) is 11.9 Å². The zero-order valence-electron chi connectivity index (χ0n) is 13.0. The van der Waals surface area contributed by atoms with Crippen molar-refractivity contribution in [1.29, 1.82) is 0 Å². The zero-order chi connectivity index (χ0) is 17.3. The number of rotatable bonds is 4. The average molecular weight is 326 g/mol. The van der Waals surface area contributed by atoms with Gasteiger partial charge in [0.2, 0.25) is 0 Å². The fraction of sp³-hybridized carbons (Fsp3) is 0.167. The largest absolute Gasteiger partial charge is 0.332 e. The topological polar surface area (TPSA) is 57.7 Å². The quantitative estimate of drug-likeness (QED) is 0.641. The molecule has 0 bridgehead atoms. The number of hydrogen-bond acceptors (Lipinski definition) is 3. The number of Topliss-reactive ketones (excluding diaryl/α,β-unsaturated/α-hetero) is 1.